The SMILES string of the molecule is CC1CCCCN1c1ccc(Br)cc1CNC1CC1. The van der Waals surface area contributed by atoms with Gasteiger partial charge in [0, 0.05) is 35.3 Å². The number of nitrogens with zero attached hydrogens (tertiary/aromatic N) is 1. The van der Waals surface area contributed by atoms with Gasteiger partial charge in [-0.15, -0.1) is 0 Å². The second kappa shape index (κ2) is 5.84. The molecule has 0 spiro atoms. The lowest BCUT2D eigenvalue weighted by atomic mass is 10.0. The van der Waals surface area contributed by atoms with E-state index in [2.05, 4.69) is 51.3 Å². The van der Waals surface area contributed by atoms with Crippen molar-refractivity contribution < 1.29 is 0 Å². The molecule has 1 aliphatic heterocycles. The molecular formula is C16H23BrN2. The summed E-state index contributed by atoms with van der Waals surface area (Å²) in [7, 11) is 0. The molecule has 0 amide bonds. The normalized spacial score (nSPS) is 23.7. The Balaban J connectivity index is 1.80. The van der Waals surface area contributed by atoms with Crippen molar-refractivity contribution in [1.82, 2.24) is 5.32 Å². The number of benzene rings is 1. The van der Waals surface area contributed by atoms with E-state index in [0.29, 0.717) is 6.04 Å². The molecule has 1 aromatic rings. The van der Waals surface area contributed by atoms with Crippen LogP contribution in [0.25, 0.3) is 0 Å². The molecule has 2 aliphatic rings. The average Bonchev–Trinajstić information content (AvgIpc) is 3.22. The van der Waals surface area contributed by atoms with Crippen LogP contribution in [0.5, 0.6) is 0 Å². The maximum atomic E-state index is 3.65. The van der Waals surface area contributed by atoms with E-state index in [4.69, 9.17) is 0 Å². The van der Waals surface area contributed by atoms with Crippen molar-refractivity contribution in [3.05, 3.63) is 28.2 Å². The largest absolute Gasteiger partial charge is 0.369 e. The Morgan fingerprint density at radius 1 is 1.26 bits per heavy atom. The van der Waals surface area contributed by atoms with Gasteiger partial charge in [-0.2, -0.15) is 0 Å². The predicted octanol–water partition coefficient (Wildman–Crippen LogP) is 4.08. The number of piperidine rings is 1. The van der Waals surface area contributed by atoms with Crippen LogP contribution in [0.3, 0.4) is 0 Å². The van der Waals surface area contributed by atoms with Crippen molar-refractivity contribution in [2.75, 3.05) is 11.4 Å². The highest BCUT2D eigenvalue weighted by Crippen LogP contribution is 2.30. The monoisotopic (exact) mass is 322 g/mol. The van der Waals surface area contributed by atoms with E-state index in [0.717, 1.165) is 12.6 Å². The minimum atomic E-state index is 0.676. The minimum absolute atomic E-state index is 0.676. The van der Waals surface area contributed by atoms with E-state index in [-0.39, 0.29) is 0 Å². The van der Waals surface area contributed by atoms with Gasteiger partial charge < -0.3 is 10.2 Å². The van der Waals surface area contributed by atoms with Crippen molar-refractivity contribution in [1.29, 1.82) is 0 Å². The molecule has 3 rings (SSSR count). The van der Waals surface area contributed by atoms with Crippen LogP contribution >= 0.6 is 15.9 Å². The number of nitrogens with one attached hydrogen (secondary N) is 1. The van der Waals surface area contributed by atoms with Crippen LogP contribution in [0.4, 0.5) is 5.69 Å². The van der Waals surface area contributed by atoms with Crippen LogP contribution in [0.2, 0.25) is 0 Å². The second-order valence-electron chi connectivity index (χ2n) is 5.97. The molecule has 19 heavy (non-hydrogen) atoms. The Hall–Kier alpha value is -0.540. The lowest BCUT2D eigenvalue weighted by Gasteiger charge is -2.37. The van der Waals surface area contributed by atoms with Gasteiger partial charge in [0.2, 0.25) is 0 Å². The Morgan fingerprint density at radius 3 is 2.84 bits per heavy atom. The molecule has 1 N–H and O–H groups in total. The predicted molar refractivity (Wildman–Crippen MR) is 84.7 cm³/mol. The van der Waals surface area contributed by atoms with Crippen molar-refractivity contribution >= 4 is 21.6 Å². The lowest BCUT2D eigenvalue weighted by molar-refractivity contribution is 0.483. The van der Waals surface area contributed by atoms with E-state index in [1.54, 1.807) is 0 Å². The molecule has 0 bridgehead atoms. The third kappa shape index (κ3) is 3.32. The molecular weight excluding hydrogens is 300 g/mol. The van der Waals surface area contributed by atoms with Crippen molar-refractivity contribution in [3.8, 4) is 0 Å². The third-order valence-electron chi connectivity index (χ3n) is 4.31. The molecule has 0 aromatic heterocycles. The summed E-state index contributed by atoms with van der Waals surface area (Å²) in [4.78, 5) is 2.60. The molecule has 1 unspecified atom stereocenters. The van der Waals surface area contributed by atoms with Gasteiger partial charge in [-0.1, -0.05) is 15.9 Å². The van der Waals surface area contributed by atoms with E-state index >= 15 is 0 Å². The van der Waals surface area contributed by atoms with Gasteiger partial charge in [0.15, 0.2) is 0 Å². The number of halogens is 1. The fourth-order valence-corrected chi connectivity index (χ4v) is 3.38. The van der Waals surface area contributed by atoms with Gasteiger partial charge in [-0.3, -0.25) is 0 Å². The first kappa shape index (κ1) is 13.4. The summed E-state index contributed by atoms with van der Waals surface area (Å²) in [5.41, 5.74) is 2.87. The molecule has 0 radical (unpaired) electrons. The van der Waals surface area contributed by atoms with Crippen molar-refractivity contribution in [2.24, 2.45) is 0 Å². The second-order valence-corrected chi connectivity index (χ2v) is 6.88. The molecule has 2 fully saturated rings. The maximum absolute atomic E-state index is 3.65. The average molecular weight is 323 g/mol. The summed E-state index contributed by atoms with van der Waals surface area (Å²) in [6.07, 6.45) is 6.73. The number of anilines is 1. The quantitative estimate of drug-likeness (QED) is 0.898. The summed E-state index contributed by atoms with van der Waals surface area (Å²) in [6, 6.07) is 8.19. The Morgan fingerprint density at radius 2 is 2.11 bits per heavy atom. The Bertz CT molecular complexity index is 442. The van der Waals surface area contributed by atoms with Gasteiger partial charge in [0.05, 0.1) is 0 Å². The number of rotatable bonds is 4. The fourth-order valence-electron chi connectivity index (χ4n) is 2.97. The summed E-state index contributed by atoms with van der Waals surface area (Å²) in [5, 5.41) is 3.65. The van der Waals surface area contributed by atoms with Crippen LogP contribution in [-0.4, -0.2) is 18.6 Å². The van der Waals surface area contributed by atoms with E-state index in [9.17, 15) is 0 Å². The first-order valence-corrected chi connectivity index (χ1v) is 8.32. The molecule has 1 aromatic carbocycles. The highest BCUT2D eigenvalue weighted by molar-refractivity contribution is 9.10. The zero-order valence-corrected chi connectivity index (χ0v) is 13.2. The zero-order valence-electron chi connectivity index (χ0n) is 11.7. The molecule has 1 atom stereocenters. The lowest BCUT2D eigenvalue weighted by Crippen LogP contribution is -2.38. The third-order valence-corrected chi connectivity index (χ3v) is 4.81. The number of hydrogen-bond donors (Lipinski definition) is 1. The summed E-state index contributed by atoms with van der Waals surface area (Å²) < 4.78 is 1.19. The summed E-state index contributed by atoms with van der Waals surface area (Å²) >= 11 is 3.61. The molecule has 1 aliphatic carbocycles. The van der Waals surface area contributed by atoms with Gasteiger partial charge in [-0.05, 0) is 62.8 Å². The summed E-state index contributed by atoms with van der Waals surface area (Å²) in [5.74, 6) is 0. The minimum Gasteiger partial charge on any atom is -0.369 e. The first-order valence-electron chi connectivity index (χ1n) is 7.52. The smallest absolute Gasteiger partial charge is 0.0415 e. The van der Waals surface area contributed by atoms with Crippen molar-refractivity contribution in [2.45, 2.75) is 57.7 Å². The summed E-state index contributed by atoms with van der Waals surface area (Å²) in [6.45, 7) is 4.57. The van der Waals surface area contributed by atoms with Crippen LogP contribution in [0.15, 0.2) is 22.7 Å². The highest BCUT2D eigenvalue weighted by atomic mass is 79.9. The Kier molecular flexibility index (Phi) is 4.13. The van der Waals surface area contributed by atoms with E-state index in [1.807, 2.05) is 0 Å². The molecule has 1 saturated heterocycles. The molecule has 1 saturated carbocycles. The Labute approximate surface area is 124 Å². The first-order chi connectivity index (χ1) is 9.24. The van der Waals surface area contributed by atoms with Crippen LogP contribution < -0.4 is 10.2 Å². The maximum Gasteiger partial charge on any atom is 0.0415 e. The molecule has 3 heteroatoms. The fraction of sp³-hybridized carbons (Fsp3) is 0.625. The van der Waals surface area contributed by atoms with Gasteiger partial charge in [-0.25, -0.2) is 0 Å². The highest BCUT2D eigenvalue weighted by Gasteiger charge is 2.23. The van der Waals surface area contributed by atoms with E-state index < -0.39 is 0 Å². The topological polar surface area (TPSA) is 15.3 Å². The zero-order chi connectivity index (χ0) is 13.2. The van der Waals surface area contributed by atoms with E-state index in [1.165, 1.54) is 54.4 Å². The molecule has 1 heterocycles. The molecule has 104 valence electrons. The van der Waals surface area contributed by atoms with Gasteiger partial charge >= 0.3 is 0 Å². The van der Waals surface area contributed by atoms with Crippen LogP contribution in [0.1, 0.15) is 44.6 Å². The van der Waals surface area contributed by atoms with Crippen LogP contribution in [-0.2, 0) is 6.54 Å². The molecule has 2 nitrogen and oxygen atoms in total. The van der Waals surface area contributed by atoms with Crippen LogP contribution in [0, 0.1) is 0 Å². The van der Waals surface area contributed by atoms with Gasteiger partial charge in [0.1, 0.15) is 0 Å². The van der Waals surface area contributed by atoms with Gasteiger partial charge in [0.25, 0.3) is 0 Å². The standard InChI is InChI=1S/C16H23BrN2/c1-12-4-2-3-9-19(12)16-8-5-14(17)10-13(16)11-18-15-6-7-15/h5,8,10,12,15,18H,2-4,6-7,9,11H2,1H3. The number of hydrogen-bond acceptors (Lipinski definition) is 2. The van der Waals surface area contributed by atoms with Crippen molar-refractivity contribution in [3.63, 3.8) is 0 Å².